The van der Waals surface area contributed by atoms with E-state index in [9.17, 15) is 0 Å². The highest BCUT2D eigenvalue weighted by atomic mass is 32.1. The number of piperidine rings is 1. The minimum absolute atomic E-state index is 0.548. The van der Waals surface area contributed by atoms with Crippen LogP contribution in [0.5, 0.6) is 0 Å². The molecule has 0 atom stereocenters. The Morgan fingerprint density at radius 2 is 1.96 bits per heavy atom. The standard InChI is InChI=1S/C17H24N6S/c1-12-9-15(19-11-18-12)22(2)14-5-7-23(8-6-14)10-16-20-21-17(24-16)13-3-4-13/h9,11,13-14H,3-8,10H2,1-2H3. The van der Waals surface area contributed by atoms with Crippen LogP contribution in [0, 0.1) is 6.92 Å². The van der Waals surface area contributed by atoms with Gasteiger partial charge in [0.05, 0.1) is 6.54 Å². The molecule has 1 aliphatic carbocycles. The summed E-state index contributed by atoms with van der Waals surface area (Å²) in [4.78, 5) is 13.4. The fourth-order valence-electron chi connectivity index (χ4n) is 3.30. The Labute approximate surface area is 146 Å². The van der Waals surface area contributed by atoms with E-state index in [2.05, 4.69) is 43.1 Å². The zero-order valence-corrected chi connectivity index (χ0v) is 15.2. The lowest BCUT2D eigenvalue weighted by Gasteiger charge is -2.36. The van der Waals surface area contributed by atoms with E-state index in [1.807, 2.05) is 18.3 Å². The first-order valence-electron chi connectivity index (χ1n) is 8.75. The summed E-state index contributed by atoms with van der Waals surface area (Å²) in [7, 11) is 2.15. The van der Waals surface area contributed by atoms with E-state index in [1.165, 1.54) is 22.9 Å². The average molecular weight is 344 g/mol. The van der Waals surface area contributed by atoms with Crippen molar-refractivity contribution in [3.8, 4) is 0 Å². The summed E-state index contributed by atoms with van der Waals surface area (Å²) in [5.41, 5.74) is 1.02. The van der Waals surface area contributed by atoms with Crippen LogP contribution >= 0.6 is 11.3 Å². The Kier molecular flexibility index (Phi) is 4.45. The molecule has 2 fully saturated rings. The fourth-order valence-corrected chi connectivity index (χ4v) is 4.36. The van der Waals surface area contributed by atoms with Crippen molar-refractivity contribution in [1.29, 1.82) is 0 Å². The third-order valence-electron chi connectivity index (χ3n) is 5.02. The fraction of sp³-hybridized carbons (Fsp3) is 0.647. The van der Waals surface area contributed by atoms with Gasteiger partial charge in [-0.2, -0.15) is 0 Å². The van der Waals surface area contributed by atoms with E-state index in [4.69, 9.17) is 0 Å². The molecule has 24 heavy (non-hydrogen) atoms. The van der Waals surface area contributed by atoms with Gasteiger partial charge >= 0.3 is 0 Å². The molecule has 0 bridgehead atoms. The number of likely N-dealkylation sites (tertiary alicyclic amines) is 1. The minimum Gasteiger partial charge on any atom is -0.356 e. The number of rotatable bonds is 5. The number of nitrogens with zero attached hydrogens (tertiary/aromatic N) is 6. The highest BCUT2D eigenvalue weighted by Crippen LogP contribution is 2.41. The van der Waals surface area contributed by atoms with Crippen molar-refractivity contribution in [1.82, 2.24) is 25.1 Å². The molecule has 0 spiro atoms. The molecular weight excluding hydrogens is 320 g/mol. The Hall–Kier alpha value is -1.60. The van der Waals surface area contributed by atoms with Crippen LogP contribution in [0.1, 0.15) is 47.3 Å². The zero-order chi connectivity index (χ0) is 16.5. The van der Waals surface area contributed by atoms with Crippen molar-refractivity contribution < 1.29 is 0 Å². The third-order valence-corrected chi connectivity index (χ3v) is 6.09. The van der Waals surface area contributed by atoms with Crippen LogP contribution in [-0.4, -0.2) is 51.2 Å². The van der Waals surface area contributed by atoms with Crippen LogP contribution < -0.4 is 4.90 Å². The normalized spacial score (nSPS) is 19.6. The maximum absolute atomic E-state index is 4.41. The van der Waals surface area contributed by atoms with E-state index in [0.717, 1.165) is 44.0 Å². The van der Waals surface area contributed by atoms with E-state index < -0.39 is 0 Å². The second-order valence-corrected chi connectivity index (χ2v) is 8.04. The summed E-state index contributed by atoms with van der Waals surface area (Å²) in [5.74, 6) is 1.74. The van der Waals surface area contributed by atoms with Gasteiger partial charge in [-0.25, -0.2) is 9.97 Å². The predicted molar refractivity (Wildman–Crippen MR) is 95.4 cm³/mol. The molecule has 4 rings (SSSR count). The van der Waals surface area contributed by atoms with Gasteiger partial charge in [0.1, 0.15) is 22.2 Å². The van der Waals surface area contributed by atoms with Crippen LogP contribution in [0.15, 0.2) is 12.4 Å². The monoisotopic (exact) mass is 344 g/mol. The van der Waals surface area contributed by atoms with Crippen LogP contribution in [-0.2, 0) is 6.54 Å². The quantitative estimate of drug-likeness (QED) is 0.831. The molecular formula is C17H24N6S. The van der Waals surface area contributed by atoms with Crippen LogP contribution in [0.25, 0.3) is 0 Å². The lowest BCUT2D eigenvalue weighted by Crippen LogP contribution is -2.43. The van der Waals surface area contributed by atoms with Crippen molar-refractivity contribution in [2.75, 3.05) is 25.0 Å². The first-order valence-corrected chi connectivity index (χ1v) is 9.57. The van der Waals surface area contributed by atoms with Crippen LogP contribution in [0.4, 0.5) is 5.82 Å². The largest absolute Gasteiger partial charge is 0.356 e. The second kappa shape index (κ2) is 6.72. The lowest BCUT2D eigenvalue weighted by molar-refractivity contribution is 0.202. The van der Waals surface area contributed by atoms with Gasteiger partial charge in [-0.1, -0.05) is 11.3 Å². The molecule has 2 aromatic rings. The first kappa shape index (κ1) is 15.9. The predicted octanol–water partition coefficient (Wildman–Crippen LogP) is 2.61. The number of aromatic nitrogens is 4. The highest BCUT2D eigenvalue weighted by Gasteiger charge is 2.28. The molecule has 3 heterocycles. The molecule has 0 radical (unpaired) electrons. The van der Waals surface area contributed by atoms with E-state index in [0.29, 0.717) is 12.0 Å². The molecule has 1 saturated carbocycles. The van der Waals surface area contributed by atoms with Gasteiger partial charge in [-0.05, 0) is 32.6 Å². The van der Waals surface area contributed by atoms with Crippen molar-refractivity contribution in [3.63, 3.8) is 0 Å². The Bertz CT molecular complexity index is 690. The second-order valence-electron chi connectivity index (χ2n) is 6.94. The molecule has 128 valence electrons. The van der Waals surface area contributed by atoms with Crippen molar-refractivity contribution in [3.05, 3.63) is 28.1 Å². The third kappa shape index (κ3) is 3.57. The Morgan fingerprint density at radius 1 is 1.17 bits per heavy atom. The van der Waals surface area contributed by atoms with Gasteiger partial charge in [-0.3, -0.25) is 4.90 Å². The molecule has 6 nitrogen and oxygen atoms in total. The van der Waals surface area contributed by atoms with Crippen molar-refractivity contribution >= 4 is 17.2 Å². The van der Waals surface area contributed by atoms with Gasteiger partial charge < -0.3 is 4.90 Å². The summed E-state index contributed by atoms with van der Waals surface area (Å²) in [6, 6.07) is 2.61. The summed E-state index contributed by atoms with van der Waals surface area (Å²) in [6.07, 6.45) is 6.58. The lowest BCUT2D eigenvalue weighted by atomic mass is 10.0. The SMILES string of the molecule is Cc1cc(N(C)C2CCN(Cc3nnc(C4CC4)s3)CC2)ncn1. The zero-order valence-electron chi connectivity index (χ0n) is 14.4. The molecule has 0 N–H and O–H groups in total. The molecule has 2 aromatic heterocycles. The van der Waals surface area contributed by atoms with E-state index in [1.54, 1.807) is 6.33 Å². The number of hydrogen-bond acceptors (Lipinski definition) is 7. The Morgan fingerprint density at radius 3 is 2.67 bits per heavy atom. The average Bonchev–Trinajstić information content (AvgIpc) is 3.35. The number of anilines is 1. The highest BCUT2D eigenvalue weighted by molar-refractivity contribution is 7.11. The van der Waals surface area contributed by atoms with Gasteiger partial charge in [0.25, 0.3) is 0 Å². The van der Waals surface area contributed by atoms with Crippen molar-refractivity contribution in [2.45, 2.75) is 51.1 Å². The molecule has 1 saturated heterocycles. The molecule has 0 aromatic carbocycles. The van der Waals surface area contributed by atoms with E-state index in [-0.39, 0.29) is 0 Å². The number of aryl methyl sites for hydroxylation is 1. The molecule has 7 heteroatoms. The van der Waals surface area contributed by atoms with Crippen LogP contribution in [0.2, 0.25) is 0 Å². The summed E-state index contributed by atoms with van der Waals surface area (Å²) < 4.78 is 0. The van der Waals surface area contributed by atoms with Crippen LogP contribution in [0.3, 0.4) is 0 Å². The first-order chi connectivity index (χ1) is 11.7. The molecule has 0 unspecified atom stereocenters. The maximum Gasteiger partial charge on any atom is 0.132 e. The topological polar surface area (TPSA) is 58.0 Å². The minimum atomic E-state index is 0.548. The van der Waals surface area contributed by atoms with Gasteiger partial charge in [0.15, 0.2) is 0 Å². The summed E-state index contributed by atoms with van der Waals surface area (Å²) >= 11 is 1.81. The smallest absolute Gasteiger partial charge is 0.132 e. The molecule has 0 amide bonds. The van der Waals surface area contributed by atoms with Gasteiger partial charge in [0.2, 0.25) is 0 Å². The summed E-state index contributed by atoms with van der Waals surface area (Å²) in [5, 5.41) is 11.2. The van der Waals surface area contributed by atoms with Gasteiger partial charge in [-0.15, -0.1) is 10.2 Å². The van der Waals surface area contributed by atoms with Crippen molar-refractivity contribution in [2.24, 2.45) is 0 Å². The number of hydrogen-bond donors (Lipinski definition) is 0. The maximum atomic E-state index is 4.41. The van der Waals surface area contributed by atoms with Gasteiger partial charge in [0, 0.05) is 43.9 Å². The molecule has 1 aliphatic heterocycles. The molecule has 2 aliphatic rings. The van der Waals surface area contributed by atoms with E-state index >= 15 is 0 Å². The Balaban J connectivity index is 1.31. The summed E-state index contributed by atoms with van der Waals surface area (Å²) in [6.45, 7) is 5.18.